The van der Waals surface area contributed by atoms with E-state index in [1.54, 1.807) is 31.4 Å². The zero-order valence-electron chi connectivity index (χ0n) is 18.8. The topological polar surface area (TPSA) is 111 Å². The van der Waals surface area contributed by atoms with Crippen molar-refractivity contribution in [3.63, 3.8) is 0 Å². The molecule has 0 bridgehead atoms. The van der Waals surface area contributed by atoms with Gasteiger partial charge in [0.1, 0.15) is 11.6 Å². The number of thioether (sulfide) groups is 1. The van der Waals surface area contributed by atoms with Gasteiger partial charge >= 0.3 is 0 Å². The Morgan fingerprint density at radius 1 is 1.12 bits per heavy atom. The first-order valence-corrected chi connectivity index (χ1v) is 12.5. The van der Waals surface area contributed by atoms with Gasteiger partial charge in [-0.25, -0.2) is 4.98 Å². The molecule has 4 aromatic rings. The van der Waals surface area contributed by atoms with Crippen molar-refractivity contribution in [3.05, 3.63) is 59.9 Å². The van der Waals surface area contributed by atoms with Crippen molar-refractivity contribution in [2.75, 3.05) is 24.7 Å². The Kier molecular flexibility index (Phi) is 7.76. The standard InChI is InChI=1S/C23H24N6O3S2/c1-3-29-19(12-13-24-21(31)15-8-10-16(32-2)11-9-15)27-28-23(29)33-14-20(30)26-22-25-17-6-4-5-7-18(17)34-22/h4-11H,3,12-14H2,1-2H3,(H,24,31)(H,25,26,30). The average Bonchev–Trinajstić information content (AvgIpc) is 3.45. The summed E-state index contributed by atoms with van der Waals surface area (Å²) in [4.78, 5) is 29.2. The van der Waals surface area contributed by atoms with E-state index in [0.29, 0.717) is 41.1 Å². The number of nitrogens with one attached hydrogen (secondary N) is 2. The molecule has 0 fully saturated rings. The van der Waals surface area contributed by atoms with Crippen molar-refractivity contribution in [2.45, 2.75) is 25.0 Å². The maximum atomic E-state index is 12.4. The van der Waals surface area contributed by atoms with E-state index in [2.05, 4.69) is 25.8 Å². The largest absolute Gasteiger partial charge is 0.497 e. The molecule has 2 aromatic carbocycles. The molecule has 4 rings (SSSR count). The molecule has 2 amide bonds. The van der Waals surface area contributed by atoms with Crippen LogP contribution in [0.4, 0.5) is 5.13 Å². The third-order valence-electron chi connectivity index (χ3n) is 4.97. The summed E-state index contributed by atoms with van der Waals surface area (Å²) in [6, 6.07) is 14.7. The summed E-state index contributed by atoms with van der Waals surface area (Å²) in [7, 11) is 1.58. The number of aromatic nitrogens is 4. The van der Waals surface area contributed by atoms with E-state index in [1.165, 1.54) is 23.1 Å². The summed E-state index contributed by atoms with van der Waals surface area (Å²) in [6.45, 7) is 3.08. The molecule has 9 nitrogen and oxygen atoms in total. The Labute approximate surface area is 204 Å². The zero-order valence-corrected chi connectivity index (χ0v) is 20.4. The maximum Gasteiger partial charge on any atom is 0.251 e. The van der Waals surface area contributed by atoms with E-state index in [1.807, 2.05) is 35.8 Å². The molecule has 0 atom stereocenters. The lowest BCUT2D eigenvalue weighted by Gasteiger charge is -2.08. The number of ether oxygens (including phenoxy) is 1. The van der Waals surface area contributed by atoms with E-state index >= 15 is 0 Å². The highest BCUT2D eigenvalue weighted by Gasteiger charge is 2.15. The van der Waals surface area contributed by atoms with Crippen LogP contribution in [-0.4, -0.2) is 51.0 Å². The van der Waals surface area contributed by atoms with Crippen LogP contribution in [0.15, 0.2) is 53.7 Å². The lowest BCUT2D eigenvalue weighted by atomic mass is 10.2. The molecule has 0 spiro atoms. The number of carbonyl (C=O) groups excluding carboxylic acids is 2. The highest BCUT2D eigenvalue weighted by molar-refractivity contribution is 7.99. The molecular weight excluding hydrogens is 472 g/mol. The first-order chi connectivity index (χ1) is 16.6. The summed E-state index contributed by atoms with van der Waals surface area (Å²) in [6.07, 6.45) is 0.529. The van der Waals surface area contributed by atoms with Crippen LogP contribution in [0.3, 0.4) is 0 Å². The quantitative estimate of drug-likeness (QED) is 0.323. The van der Waals surface area contributed by atoms with Crippen molar-refractivity contribution in [1.82, 2.24) is 25.1 Å². The second kappa shape index (κ2) is 11.1. The van der Waals surface area contributed by atoms with Crippen LogP contribution in [0.1, 0.15) is 23.1 Å². The van der Waals surface area contributed by atoms with Crippen LogP contribution in [0.5, 0.6) is 5.75 Å². The summed E-state index contributed by atoms with van der Waals surface area (Å²) in [5, 5.41) is 15.5. The number of amides is 2. The van der Waals surface area contributed by atoms with E-state index in [-0.39, 0.29) is 17.6 Å². The molecule has 34 heavy (non-hydrogen) atoms. The number of para-hydroxylation sites is 1. The average molecular weight is 497 g/mol. The summed E-state index contributed by atoms with van der Waals surface area (Å²) < 4.78 is 8.09. The van der Waals surface area contributed by atoms with Gasteiger partial charge in [-0.3, -0.25) is 9.59 Å². The van der Waals surface area contributed by atoms with Gasteiger partial charge < -0.3 is 19.9 Å². The third-order valence-corrected chi connectivity index (χ3v) is 6.89. The predicted molar refractivity (Wildman–Crippen MR) is 134 cm³/mol. The fraction of sp³-hybridized carbons (Fsp3) is 0.261. The van der Waals surface area contributed by atoms with Crippen molar-refractivity contribution in [2.24, 2.45) is 0 Å². The molecule has 176 valence electrons. The van der Waals surface area contributed by atoms with Crippen LogP contribution in [0, 0.1) is 0 Å². The molecule has 0 saturated carbocycles. The van der Waals surface area contributed by atoms with Crippen molar-refractivity contribution in [3.8, 4) is 5.75 Å². The van der Waals surface area contributed by atoms with Crippen LogP contribution in [-0.2, 0) is 17.8 Å². The summed E-state index contributed by atoms with van der Waals surface area (Å²) in [5.74, 6) is 1.34. The maximum absolute atomic E-state index is 12.4. The smallest absolute Gasteiger partial charge is 0.251 e. The third kappa shape index (κ3) is 5.72. The number of hydrogen-bond acceptors (Lipinski definition) is 8. The van der Waals surface area contributed by atoms with E-state index in [0.717, 1.165) is 16.0 Å². The van der Waals surface area contributed by atoms with Gasteiger partial charge in [0, 0.05) is 25.1 Å². The molecule has 0 aliphatic rings. The van der Waals surface area contributed by atoms with E-state index in [9.17, 15) is 9.59 Å². The zero-order chi connectivity index (χ0) is 23.9. The number of benzene rings is 2. The van der Waals surface area contributed by atoms with Gasteiger partial charge in [-0.1, -0.05) is 35.2 Å². The van der Waals surface area contributed by atoms with Crippen molar-refractivity contribution >= 4 is 50.3 Å². The van der Waals surface area contributed by atoms with Gasteiger partial charge in [0.05, 0.1) is 23.1 Å². The van der Waals surface area contributed by atoms with Gasteiger partial charge in [-0.2, -0.15) is 0 Å². The number of rotatable bonds is 10. The molecule has 0 radical (unpaired) electrons. The Bertz CT molecular complexity index is 1250. The minimum absolute atomic E-state index is 0.150. The normalized spacial score (nSPS) is 10.9. The van der Waals surface area contributed by atoms with Gasteiger partial charge in [-0.05, 0) is 43.3 Å². The number of fused-ring (bicyclic) bond motifs is 1. The van der Waals surface area contributed by atoms with Gasteiger partial charge in [0.15, 0.2) is 10.3 Å². The number of anilines is 1. The lowest BCUT2D eigenvalue weighted by Crippen LogP contribution is -2.26. The Balaban J connectivity index is 1.28. The second-order valence-corrected chi connectivity index (χ2v) is 9.17. The Hall–Kier alpha value is -3.44. The summed E-state index contributed by atoms with van der Waals surface area (Å²) in [5.41, 5.74) is 1.43. The molecule has 2 heterocycles. The SMILES string of the molecule is CCn1c(CCNC(=O)c2ccc(OC)cc2)nnc1SCC(=O)Nc1nc2ccccc2s1. The molecule has 2 N–H and O–H groups in total. The van der Waals surface area contributed by atoms with Crippen LogP contribution in [0.25, 0.3) is 10.2 Å². The number of methoxy groups -OCH3 is 1. The minimum Gasteiger partial charge on any atom is -0.497 e. The predicted octanol–water partition coefficient (Wildman–Crippen LogP) is 3.62. The highest BCUT2D eigenvalue weighted by Crippen LogP contribution is 2.26. The second-order valence-electron chi connectivity index (χ2n) is 7.20. The first-order valence-electron chi connectivity index (χ1n) is 10.7. The van der Waals surface area contributed by atoms with Crippen LogP contribution < -0.4 is 15.4 Å². The molecule has 0 saturated heterocycles. The monoisotopic (exact) mass is 496 g/mol. The number of carbonyl (C=O) groups is 2. The van der Waals surface area contributed by atoms with Gasteiger partial charge in [0.25, 0.3) is 5.91 Å². The minimum atomic E-state index is -0.161. The van der Waals surface area contributed by atoms with Crippen molar-refractivity contribution in [1.29, 1.82) is 0 Å². The molecule has 11 heteroatoms. The number of hydrogen-bond donors (Lipinski definition) is 2. The van der Waals surface area contributed by atoms with E-state index in [4.69, 9.17) is 4.74 Å². The molecular formula is C23H24N6O3S2. The molecule has 0 aliphatic carbocycles. The number of thiazole rings is 1. The Morgan fingerprint density at radius 2 is 1.91 bits per heavy atom. The molecule has 2 aromatic heterocycles. The lowest BCUT2D eigenvalue weighted by molar-refractivity contribution is -0.113. The molecule has 0 unspecified atom stereocenters. The van der Waals surface area contributed by atoms with Gasteiger partial charge in [0.2, 0.25) is 5.91 Å². The highest BCUT2D eigenvalue weighted by atomic mass is 32.2. The number of nitrogens with zero attached hydrogens (tertiary/aromatic N) is 4. The Morgan fingerprint density at radius 3 is 2.65 bits per heavy atom. The van der Waals surface area contributed by atoms with Crippen LogP contribution >= 0.6 is 23.1 Å². The van der Waals surface area contributed by atoms with E-state index < -0.39 is 0 Å². The molecule has 0 aliphatic heterocycles. The van der Waals surface area contributed by atoms with Crippen LogP contribution in [0.2, 0.25) is 0 Å². The van der Waals surface area contributed by atoms with Crippen molar-refractivity contribution < 1.29 is 14.3 Å². The fourth-order valence-corrected chi connectivity index (χ4v) is 4.98. The fourth-order valence-electron chi connectivity index (χ4n) is 3.27. The van der Waals surface area contributed by atoms with Gasteiger partial charge in [-0.15, -0.1) is 10.2 Å². The first kappa shape index (κ1) is 23.7. The summed E-state index contributed by atoms with van der Waals surface area (Å²) >= 11 is 2.77.